The molecule has 1 saturated heterocycles. The first-order valence-corrected chi connectivity index (χ1v) is 8.92. The van der Waals surface area contributed by atoms with E-state index in [4.69, 9.17) is 4.74 Å². The second-order valence-electron chi connectivity index (χ2n) is 6.80. The Kier molecular flexibility index (Phi) is 5.60. The molecule has 136 valence electrons. The van der Waals surface area contributed by atoms with Crippen molar-refractivity contribution in [2.75, 3.05) is 26.3 Å². The maximum absolute atomic E-state index is 12.5. The number of nitrogens with one attached hydrogen (secondary N) is 2. The fourth-order valence-electron chi connectivity index (χ4n) is 3.49. The summed E-state index contributed by atoms with van der Waals surface area (Å²) < 4.78 is 5.45. The van der Waals surface area contributed by atoms with Crippen molar-refractivity contribution in [2.24, 2.45) is 0 Å². The van der Waals surface area contributed by atoms with Crippen LogP contribution in [0.15, 0.2) is 24.4 Å². The smallest absolute Gasteiger partial charge is 0.317 e. The van der Waals surface area contributed by atoms with E-state index >= 15 is 0 Å². The summed E-state index contributed by atoms with van der Waals surface area (Å²) in [6.07, 6.45) is 2.89. The lowest BCUT2D eigenvalue weighted by atomic mass is 10.1. The van der Waals surface area contributed by atoms with Crippen LogP contribution in [0.1, 0.15) is 24.5 Å². The van der Waals surface area contributed by atoms with E-state index in [1.54, 1.807) is 11.8 Å². The number of fused-ring (bicyclic) bond motifs is 1. The number of hydrogen-bond donors (Lipinski definition) is 3. The zero-order valence-corrected chi connectivity index (χ0v) is 14.9. The van der Waals surface area contributed by atoms with E-state index in [-0.39, 0.29) is 12.1 Å². The molecule has 1 aromatic heterocycles. The molecular weight excluding hydrogens is 318 g/mol. The molecule has 1 aromatic carbocycles. The van der Waals surface area contributed by atoms with E-state index in [2.05, 4.69) is 35.4 Å². The van der Waals surface area contributed by atoms with Gasteiger partial charge in [-0.25, -0.2) is 4.79 Å². The maximum atomic E-state index is 12.5. The standard InChI is InChI=1S/C19H27N3O3/c1-13-4-3-5-17-15(11-21-18(13)17)6-7-20-19(24)22-8-9-25-12-16(22)10-14(2)23/h3-5,11,14,16,21,23H,6-10,12H2,1-2H3,(H,20,24). The number of carbonyl (C=O) groups excluding carboxylic acids is 1. The number of morpholine rings is 1. The lowest BCUT2D eigenvalue weighted by molar-refractivity contribution is -0.00425. The number of rotatable bonds is 5. The van der Waals surface area contributed by atoms with Crippen molar-refractivity contribution in [1.29, 1.82) is 0 Å². The van der Waals surface area contributed by atoms with Crippen LogP contribution in [0.3, 0.4) is 0 Å². The first-order valence-electron chi connectivity index (χ1n) is 8.92. The number of carbonyl (C=O) groups is 1. The minimum Gasteiger partial charge on any atom is -0.393 e. The minimum absolute atomic E-state index is 0.0653. The van der Waals surface area contributed by atoms with Crippen LogP contribution in [-0.2, 0) is 11.2 Å². The van der Waals surface area contributed by atoms with Crippen molar-refractivity contribution in [1.82, 2.24) is 15.2 Å². The molecule has 1 aliphatic heterocycles. The van der Waals surface area contributed by atoms with Gasteiger partial charge >= 0.3 is 6.03 Å². The Hall–Kier alpha value is -2.05. The Balaban J connectivity index is 1.57. The van der Waals surface area contributed by atoms with Gasteiger partial charge in [-0.15, -0.1) is 0 Å². The van der Waals surface area contributed by atoms with Gasteiger partial charge in [0, 0.05) is 30.2 Å². The molecule has 3 rings (SSSR count). The molecular formula is C19H27N3O3. The molecule has 6 heteroatoms. The van der Waals surface area contributed by atoms with Crippen LogP contribution >= 0.6 is 0 Å². The van der Waals surface area contributed by atoms with E-state index in [9.17, 15) is 9.90 Å². The summed E-state index contributed by atoms with van der Waals surface area (Å²) in [7, 11) is 0. The molecule has 2 amide bonds. The Labute approximate surface area is 148 Å². The average molecular weight is 345 g/mol. The van der Waals surface area contributed by atoms with Crippen molar-refractivity contribution in [3.63, 3.8) is 0 Å². The van der Waals surface area contributed by atoms with Crippen LogP contribution in [0.5, 0.6) is 0 Å². The monoisotopic (exact) mass is 345 g/mol. The van der Waals surface area contributed by atoms with E-state index in [1.807, 2.05) is 6.20 Å². The Morgan fingerprint density at radius 2 is 2.36 bits per heavy atom. The molecule has 2 heterocycles. The van der Waals surface area contributed by atoms with Gasteiger partial charge in [0.2, 0.25) is 0 Å². The molecule has 0 spiro atoms. The Bertz CT molecular complexity index is 726. The van der Waals surface area contributed by atoms with Crippen LogP contribution in [0, 0.1) is 6.92 Å². The molecule has 3 N–H and O–H groups in total. The number of aryl methyl sites for hydroxylation is 1. The highest BCUT2D eigenvalue weighted by Crippen LogP contribution is 2.21. The van der Waals surface area contributed by atoms with E-state index in [0.29, 0.717) is 32.7 Å². The zero-order chi connectivity index (χ0) is 17.8. The number of H-pyrrole nitrogens is 1. The third-order valence-electron chi connectivity index (χ3n) is 4.78. The number of para-hydroxylation sites is 1. The first-order chi connectivity index (χ1) is 12.1. The number of nitrogens with zero attached hydrogens (tertiary/aromatic N) is 1. The number of ether oxygens (including phenoxy) is 1. The number of aromatic amines is 1. The van der Waals surface area contributed by atoms with Gasteiger partial charge in [0.25, 0.3) is 0 Å². The molecule has 1 fully saturated rings. The number of aliphatic hydroxyl groups excluding tert-OH is 1. The summed E-state index contributed by atoms with van der Waals surface area (Å²) >= 11 is 0. The van der Waals surface area contributed by atoms with Crippen LogP contribution in [-0.4, -0.2) is 59.5 Å². The molecule has 0 aliphatic carbocycles. The van der Waals surface area contributed by atoms with Gasteiger partial charge in [-0.1, -0.05) is 18.2 Å². The number of aromatic nitrogens is 1. The van der Waals surface area contributed by atoms with E-state index < -0.39 is 6.10 Å². The summed E-state index contributed by atoms with van der Waals surface area (Å²) in [4.78, 5) is 17.6. The predicted octanol–water partition coefficient (Wildman–Crippen LogP) is 2.20. The molecule has 1 aliphatic rings. The van der Waals surface area contributed by atoms with Gasteiger partial charge in [-0.05, 0) is 37.8 Å². The SMILES string of the molecule is Cc1cccc2c(CCNC(=O)N3CCOCC3CC(C)O)c[nH]c12. The van der Waals surface area contributed by atoms with Gasteiger partial charge in [-0.2, -0.15) is 0 Å². The first kappa shape index (κ1) is 17.8. The highest BCUT2D eigenvalue weighted by atomic mass is 16.5. The van der Waals surface area contributed by atoms with Gasteiger partial charge in [0.05, 0.1) is 25.4 Å². The van der Waals surface area contributed by atoms with Gasteiger partial charge < -0.3 is 25.0 Å². The van der Waals surface area contributed by atoms with Crippen LogP contribution in [0.25, 0.3) is 10.9 Å². The highest BCUT2D eigenvalue weighted by molar-refractivity contribution is 5.86. The lowest BCUT2D eigenvalue weighted by Crippen LogP contribution is -2.53. The number of amides is 2. The molecule has 2 aromatic rings. The highest BCUT2D eigenvalue weighted by Gasteiger charge is 2.28. The third kappa shape index (κ3) is 4.14. The Morgan fingerprint density at radius 1 is 1.52 bits per heavy atom. The number of aliphatic hydroxyl groups is 1. The van der Waals surface area contributed by atoms with Gasteiger partial charge in [0.1, 0.15) is 0 Å². The van der Waals surface area contributed by atoms with E-state index in [1.165, 1.54) is 16.5 Å². The molecule has 2 atom stereocenters. The normalized spacial score (nSPS) is 19.2. The van der Waals surface area contributed by atoms with Gasteiger partial charge in [-0.3, -0.25) is 0 Å². The molecule has 25 heavy (non-hydrogen) atoms. The molecule has 0 radical (unpaired) electrons. The van der Waals surface area contributed by atoms with Crippen molar-refractivity contribution >= 4 is 16.9 Å². The fraction of sp³-hybridized carbons (Fsp3) is 0.526. The van der Waals surface area contributed by atoms with Crippen molar-refractivity contribution in [3.05, 3.63) is 35.5 Å². The quantitative estimate of drug-likeness (QED) is 0.777. The molecule has 2 unspecified atom stereocenters. The fourth-order valence-corrected chi connectivity index (χ4v) is 3.49. The summed E-state index contributed by atoms with van der Waals surface area (Å²) in [5.41, 5.74) is 3.59. The average Bonchev–Trinajstić information content (AvgIpc) is 2.99. The number of hydrogen-bond acceptors (Lipinski definition) is 3. The summed E-state index contributed by atoms with van der Waals surface area (Å²) in [5.74, 6) is 0. The van der Waals surface area contributed by atoms with Crippen molar-refractivity contribution < 1.29 is 14.6 Å². The number of urea groups is 1. The topological polar surface area (TPSA) is 77.6 Å². The second kappa shape index (κ2) is 7.89. The van der Waals surface area contributed by atoms with Crippen LogP contribution < -0.4 is 5.32 Å². The van der Waals surface area contributed by atoms with Crippen LogP contribution in [0.4, 0.5) is 4.79 Å². The minimum atomic E-state index is -0.448. The van der Waals surface area contributed by atoms with Crippen molar-refractivity contribution in [2.45, 2.75) is 38.8 Å². The second-order valence-corrected chi connectivity index (χ2v) is 6.80. The Morgan fingerprint density at radius 3 is 3.16 bits per heavy atom. The maximum Gasteiger partial charge on any atom is 0.317 e. The summed E-state index contributed by atoms with van der Waals surface area (Å²) in [5, 5.41) is 13.8. The zero-order valence-electron chi connectivity index (χ0n) is 14.9. The molecule has 0 saturated carbocycles. The summed E-state index contributed by atoms with van der Waals surface area (Å²) in [6, 6.07) is 6.11. The van der Waals surface area contributed by atoms with Crippen LogP contribution in [0.2, 0.25) is 0 Å². The third-order valence-corrected chi connectivity index (χ3v) is 4.78. The largest absolute Gasteiger partial charge is 0.393 e. The van der Waals surface area contributed by atoms with Gasteiger partial charge in [0.15, 0.2) is 0 Å². The van der Waals surface area contributed by atoms with Crippen molar-refractivity contribution in [3.8, 4) is 0 Å². The molecule has 0 bridgehead atoms. The predicted molar refractivity (Wildman–Crippen MR) is 97.7 cm³/mol. The van der Waals surface area contributed by atoms with E-state index in [0.717, 1.165) is 11.9 Å². The molecule has 6 nitrogen and oxygen atoms in total. The lowest BCUT2D eigenvalue weighted by Gasteiger charge is -2.36. The summed E-state index contributed by atoms with van der Waals surface area (Å²) in [6.45, 7) is 6.01. The number of benzene rings is 1.